The van der Waals surface area contributed by atoms with Gasteiger partial charge < -0.3 is 10.6 Å². The predicted molar refractivity (Wildman–Crippen MR) is 102 cm³/mol. The van der Waals surface area contributed by atoms with Gasteiger partial charge in [0.1, 0.15) is 16.0 Å². The molecule has 3 heterocycles. The summed E-state index contributed by atoms with van der Waals surface area (Å²) in [7, 11) is 0. The summed E-state index contributed by atoms with van der Waals surface area (Å²) in [4.78, 5) is 16.3. The average molecular weight is 376 g/mol. The van der Waals surface area contributed by atoms with Crippen LogP contribution in [0.3, 0.4) is 0 Å². The maximum Gasteiger partial charge on any atom is 0.158 e. The summed E-state index contributed by atoms with van der Waals surface area (Å²) in [6.07, 6.45) is 11.6. The monoisotopic (exact) mass is 375 g/mol. The first kappa shape index (κ1) is 16.9. The molecule has 1 aliphatic heterocycles. The molecule has 1 saturated heterocycles. The van der Waals surface area contributed by atoms with Gasteiger partial charge in [0.15, 0.2) is 5.82 Å². The fourth-order valence-electron chi connectivity index (χ4n) is 4.00. The normalized spacial score (nSPS) is 19.5. The molecule has 0 unspecified atom stereocenters. The maximum atomic E-state index is 6.16. The van der Waals surface area contributed by atoms with E-state index in [1.54, 1.807) is 6.20 Å². The molecule has 1 aliphatic carbocycles. The molecule has 2 fully saturated rings. The molecule has 2 aliphatic rings. The van der Waals surface area contributed by atoms with E-state index in [0.717, 1.165) is 23.8 Å². The molecule has 25 heavy (non-hydrogen) atoms. The molecular weight excluding hydrogens is 354 g/mol. The van der Waals surface area contributed by atoms with Crippen molar-refractivity contribution in [2.24, 2.45) is 5.41 Å². The van der Waals surface area contributed by atoms with Crippen molar-refractivity contribution in [3.8, 4) is 0 Å². The summed E-state index contributed by atoms with van der Waals surface area (Å²) in [6, 6.07) is 3.75. The minimum absolute atomic E-state index is 0.448. The lowest BCUT2D eigenvalue weighted by Crippen LogP contribution is -2.39. The van der Waals surface area contributed by atoms with Crippen LogP contribution in [0.4, 0.5) is 11.6 Å². The Balaban J connectivity index is 1.46. The SMILES string of the molecule is Nc1nc(N2CCC3(CCCC3)CC2)cnc1Sc1cccnc1Cl. The zero-order chi connectivity index (χ0) is 17.3. The number of aromatic nitrogens is 3. The molecule has 5 nitrogen and oxygen atoms in total. The van der Waals surface area contributed by atoms with Crippen LogP contribution in [0, 0.1) is 5.41 Å². The third kappa shape index (κ3) is 3.55. The van der Waals surface area contributed by atoms with Crippen molar-refractivity contribution in [1.82, 2.24) is 15.0 Å². The summed E-state index contributed by atoms with van der Waals surface area (Å²) in [6.45, 7) is 2.10. The van der Waals surface area contributed by atoms with Gasteiger partial charge in [0.2, 0.25) is 0 Å². The molecule has 7 heteroatoms. The molecule has 2 aromatic heterocycles. The number of halogens is 1. The summed E-state index contributed by atoms with van der Waals surface area (Å²) < 4.78 is 0. The van der Waals surface area contributed by atoms with Crippen molar-refractivity contribution in [3.05, 3.63) is 29.7 Å². The standard InChI is InChI=1S/C18H22ClN5S/c19-15-13(4-3-9-21-15)25-17-16(20)23-14(12-22-17)24-10-7-18(8-11-24)5-1-2-6-18/h3-4,9,12H,1-2,5-8,10-11H2,(H2,20,23). The highest BCUT2D eigenvalue weighted by Gasteiger charge is 2.37. The molecule has 1 saturated carbocycles. The number of piperidine rings is 1. The topological polar surface area (TPSA) is 67.9 Å². The minimum atomic E-state index is 0.448. The summed E-state index contributed by atoms with van der Waals surface area (Å²) >= 11 is 7.51. The Kier molecular flexibility index (Phi) is 4.73. The lowest BCUT2D eigenvalue weighted by molar-refractivity contribution is 0.226. The highest BCUT2D eigenvalue weighted by atomic mass is 35.5. The Morgan fingerprint density at radius 1 is 1.12 bits per heavy atom. The van der Waals surface area contributed by atoms with Gasteiger partial charge in [-0.05, 0) is 43.2 Å². The smallest absolute Gasteiger partial charge is 0.158 e. The van der Waals surface area contributed by atoms with Crippen LogP contribution in [-0.2, 0) is 0 Å². The molecule has 2 aromatic rings. The highest BCUT2D eigenvalue weighted by molar-refractivity contribution is 7.99. The number of rotatable bonds is 3. The number of anilines is 2. The Morgan fingerprint density at radius 3 is 2.56 bits per heavy atom. The lowest BCUT2D eigenvalue weighted by Gasteiger charge is -2.39. The molecule has 2 N–H and O–H groups in total. The van der Waals surface area contributed by atoms with Gasteiger partial charge in [0.05, 0.1) is 11.1 Å². The van der Waals surface area contributed by atoms with Crippen LogP contribution in [-0.4, -0.2) is 28.0 Å². The predicted octanol–water partition coefficient (Wildman–Crippen LogP) is 4.42. The molecule has 0 bridgehead atoms. The second-order valence-corrected chi connectivity index (χ2v) is 8.40. The third-order valence-corrected chi connectivity index (χ3v) is 6.97. The molecule has 0 aromatic carbocycles. The first-order valence-corrected chi connectivity index (χ1v) is 10.0. The first-order valence-electron chi connectivity index (χ1n) is 8.81. The van der Waals surface area contributed by atoms with E-state index in [2.05, 4.69) is 19.9 Å². The van der Waals surface area contributed by atoms with Gasteiger partial charge >= 0.3 is 0 Å². The number of nitrogens with zero attached hydrogens (tertiary/aromatic N) is 4. The van der Waals surface area contributed by atoms with Gasteiger partial charge in [-0.2, -0.15) is 0 Å². The minimum Gasteiger partial charge on any atom is -0.381 e. The van der Waals surface area contributed by atoms with Crippen molar-refractivity contribution in [2.45, 2.75) is 48.4 Å². The second kappa shape index (κ2) is 7.00. The van der Waals surface area contributed by atoms with Crippen molar-refractivity contribution in [2.75, 3.05) is 23.7 Å². The fourth-order valence-corrected chi connectivity index (χ4v) is 4.98. The van der Waals surface area contributed by atoms with Gasteiger partial charge in [-0.25, -0.2) is 15.0 Å². The lowest BCUT2D eigenvalue weighted by atomic mass is 9.77. The number of nitrogens with two attached hydrogens (primary N) is 1. The van der Waals surface area contributed by atoms with E-state index >= 15 is 0 Å². The van der Waals surface area contributed by atoms with Gasteiger partial charge in [0, 0.05) is 19.3 Å². The molecule has 132 valence electrons. The van der Waals surface area contributed by atoms with E-state index < -0.39 is 0 Å². The van der Waals surface area contributed by atoms with Crippen molar-refractivity contribution in [1.29, 1.82) is 0 Å². The molecule has 0 amide bonds. The number of nitrogen functional groups attached to an aromatic ring is 1. The Labute approximate surface area is 157 Å². The van der Waals surface area contributed by atoms with Gasteiger partial charge in [0.25, 0.3) is 0 Å². The Hall–Kier alpha value is -1.53. The fraction of sp³-hybridized carbons (Fsp3) is 0.500. The van der Waals surface area contributed by atoms with Crippen LogP contribution in [0.2, 0.25) is 5.15 Å². The van der Waals surface area contributed by atoms with Gasteiger partial charge in [-0.1, -0.05) is 36.2 Å². The van der Waals surface area contributed by atoms with Crippen molar-refractivity contribution >= 4 is 35.0 Å². The summed E-state index contributed by atoms with van der Waals surface area (Å²) in [5.41, 5.74) is 6.76. The molecule has 4 rings (SSSR count). The van der Waals surface area contributed by atoms with Crippen LogP contribution >= 0.6 is 23.4 Å². The Bertz CT molecular complexity index is 753. The van der Waals surface area contributed by atoms with E-state index in [1.807, 2.05) is 18.3 Å². The highest BCUT2D eigenvalue weighted by Crippen LogP contribution is 2.46. The second-order valence-electron chi connectivity index (χ2n) is 7.01. The number of hydrogen-bond donors (Lipinski definition) is 1. The number of pyridine rings is 1. The molecule has 0 radical (unpaired) electrons. The Morgan fingerprint density at radius 2 is 1.88 bits per heavy atom. The van der Waals surface area contributed by atoms with Crippen LogP contribution < -0.4 is 10.6 Å². The van der Waals surface area contributed by atoms with Crippen LogP contribution in [0.5, 0.6) is 0 Å². The summed E-state index contributed by atoms with van der Waals surface area (Å²) in [5.74, 6) is 1.33. The zero-order valence-electron chi connectivity index (χ0n) is 14.1. The summed E-state index contributed by atoms with van der Waals surface area (Å²) in [5, 5.41) is 1.12. The first-order chi connectivity index (χ1) is 12.2. The van der Waals surface area contributed by atoms with Crippen LogP contribution in [0.15, 0.2) is 34.4 Å². The van der Waals surface area contributed by atoms with Crippen LogP contribution in [0.1, 0.15) is 38.5 Å². The van der Waals surface area contributed by atoms with Gasteiger partial charge in [-0.15, -0.1) is 0 Å². The quantitative estimate of drug-likeness (QED) is 0.801. The molecular formula is C18H22ClN5S. The van der Waals surface area contributed by atoms with Crippen molar-refractivity contribution in [3.63, 3.8) is 0 Å². The molecule has 1 spiro atoms. The van der Waals surface area contributed by atoms with E-state index in [0.29, 0.717) is 21.4 Å². The third-order valence-electron chi connectivity index (χ3n) is 5.50. The molecule has 0 atom stereocenters. The largest absolute Gasteiger partial charge is 0.381 e. The van der Waals surface area contributed by atoms with Crippen molar-refractivity contribution < 1.29 is 0 Å². The van der Waals surface area contributed by atoms with E-state index in [-0.39, 0.29) is 0 Å². The van der Waals surface area contributed by atoms with Crippen LogP contribution in [0.25, 0.3) is 0 Å². The van der Waals surface area contributed by atoms with E-state index in [1.165, 1.54) is 50.3 Å². The average Bonchev–Trinajstić information content (AvgIpc) is 3.07. The van der Waals surface area contributed by atoms with E-state index in [9.17, 15) is 0 Å². The zero-order valence-corrected chi connectivity index (χ0v) is 15.7. The number of hydrogen-bond acceptors (Lipinski definition) is 6. The van der Waals surface area contributed by atoms with Gasteiger partial charge in [-0.3, -0.25) is 0 Å². The maximum absolute atomic E-state index is 6.16. The van der Waals surface area contributed by atoms with E-state index in [4.69, 9.17) is 17.3 Å².